The number of para-hydroxylation sites is 1. The fourth-order valence-corrected chi connectivity index (χ4v) is 5.27. The second-order valence-corrected chi connectivity index (χ2v) is 9.87. The van der Waals surface area contributed by atoms with Crippen LogP contribution in [-0.2, 0) is 14.8 Å². The predicted octanol–water partition coefficient (Wildman–Crippen LogP) is 3.16. The summed E-state index contributed by atoms with van der Waals surface area (Å²) in [6, 6.07) is 9.89. The third-order valence-electron chi connectivity index (χ3n) is 4.96. The van der Waals surface area contributed by atoms with Crippen molar-refractivity contribution in [2.45, 2.75) is 18.2 Å². The third kappa shape index (κ3) is 4.38. The molecule has 0 amide bonds. The molecule has 8 nitrogen and oxygen atoms in total. The molecule has 1 fully saturated rings. The van der Waals surface area contributed by atoms with Gasteiger partial charge in [0.1, 0.15) is 11.6 Å². The molecule has 2 aromatic carbocycles. The molecule has 1 aliphatic rings. The van der Waals surface area contributed by atoms with Gasteiger partial charge in [-0.2, -0.15) is 4.31 Å². The SMILES string of the molecule is CCCOc1ccc(S(=O)(=O)N2CCOCC2)cc1-c1nc2c(Br)cccc2c(=O)[nH]1. The van der Waals surface area contributed by atoms with Crippen LogP contribution in [-0.4, -0.2) is 55.6 Å². The fourth-order valence-electron chi connectivity index (χ4n) is 3.38. The lowest BCUT2D eigenvalue weighted by molar-refractivity contribution is 0.0730. The van der Waals surface area contributed by atoms with Crippen molar-refractivity contribution in [2.24, 2.45) is 0 Å². The van der Waals surface area contributed by atoms with E-state index in [1.54, 1.807) is 24.3 Å². The topological polar surface area (TPSA) is 102 Å². The van der Waals surface area contributed by atoms with E-state index in [9.17, 15) is 13.2 Å². The average Bonchev–Trinajstić information content (AvgIpc) is 2.78. The number of aromatic nitrogens is 2. The van der Waals surface area contributed by atoms with Gasteiger partial charge in [-0.1, -0.05) is 13.0 Å². The van der Waals surface area contributed by atoms with E-state index in [2.05, 4.69) is 25.9 Å². The summed E-state index contributed by atoms with van der Waals surface area (Å²) in [7, 11) is -3.72. The quantitative estimate of drug-likeness (QED) is 0.549. The summed E-state index contributed by atoms with van der Waals surface area (Å²) in [5, 5.41) is 0.436. The molecule has 1 saturated heterocycles. The molecule has 4 rings (SSSR count). The highest BCUT2D eigenvalue weighted by Crippen LogP contribution is 2.32. The van der Waals surface area contributed by atoms with Gasteiger partial charge in [-0.15, -0.1) is 0 Å². The molecule has 3 aromatic rings. The lowest BCUT2D eigenvalue weighted by Crippen LogP contribution is -2.40. The van der Waals surface area contributed by atoms with Gasteiger partial charge in [0.15, 0.2) is 0 Å². The van der Waals surface area contributed by atoms with Crippen molar-refractivity contribution < 1.29 is 17.9 Å². The molecule has 31 heavy (non-hydrogen) atoms. The highest BCUT2D eigenvalue weighted by Gasteiger charge is 2.27. The van der Waals surface area contributed by atoms with Gasteiger partial charge in [-0.3, -0.25) is 4.79 Å². The molecule has 10 heteroatoms. The van der Waals surface area contributed by atoms with Crippen LogP contribution >= 0.6 is 15.9 Å². The zero-order chi connectivity index (χ0) is 22.0. The summed E-state index contributed by atoms with van der Waals surface area (Å²) < 4.78 is 39.5. The molecule has 1 aromatic heterocycles. The number of fused-ring (bicyclic) bond motifs is 1. The molecule has 0 spiro atoms. The summed E-state index contributed by atoms with van der Waals surface area (Å²) in [6.07, 6.45) is 0.778. The lowest BCUT2D eigenvalue weighted by atomic mass is 10.1. The molecular weight excluding hydrogens is 486 g/mol. The Labute approximate surface area is 188 Å². The third-order valence-corrected chi connectivity index (χ3v) is 7.50. The zero-order valence-electron chi connectivity index (χ0n) is 16.9. The Morgan fingerprint density at radius 3 is 2.74 bits per heavy atom. The first-order valence-electron chi connectivity index (χ1n) is 9.95. The monoisotopic (exact) mass is 507 g/mol. The van der Waals surface area contributed by atoms with Gasteiger partial charge >= 0.3 is 0 Å². The molecule has 2 heterocycles. The van der Waals surface area contributed by atoms with Crippen molar-refractivity contribution in [3.63, 3.8) is 0 Å². The van der Waals surface area contributed by atoms with Crippen molar-refractivity contribution in [3.05, 3.63) is 51.2 Å². The van der Waals surface area contributed by atoms with Gasteiger partial charge in [-0.05, 0) is 52.7 Å². The predicted molar refractivity (Wildman–Crippen MR) is 121 cm³/mol. The first-order valence-corrected chi connectivity index (χ1v) is 12.2. The van der Waals surface area contributed by atoms with Crippen LogP contribution in [0.3, 0.4) is 0 Å². The van der Waals surface area contributed by atoms with E-state index >= 15 is 0 Å². The fraction of sp³-hybridized carbons (Fsp3) is 0.333. The smallest absolute Gasteiger partial charge is 0.259 e. The summed E-state index contributed by atoms with van der Waals surface area (Å²) in [5.41, 5.74) is 0.589. The Morgan fingerprint density at radius 1 is 1.23 bits per heavy atom. The molecule has 164 valence electrons. The average molecular weight is 508 g/mol. The van der Waals surface area contributed by atoms with Gasteiger partial charge in [-0.25, -0.2) is 13.4 Å². The number of morpholine rings is 1. The van der Waals surface area contributed by atoms with Crippen molar-refractivity contribution in [1.82, 2.24) is 14.3 Å². The summed E-state index contributed by atoms with van der Waals surface area (Å²) in [5.74, 6) is 0.701. The van der Waals surface area contributed by atoms with Crippen molar-refractivity contribution >= 4 is 36.9 Å². The van der Waals surface area contributed by atoms with Gasteiger partial charge in [0.25, 0.3) is 5.56 Å². The number of nitrogens with one attached hydrogen (secondary N) is 1. The summed E-state index contributed by atoms with van der Waals surface area (Å²) in [6.45, 7) is 3.73. The Kier molecular flexibility index (Phi) is 6.42. The normalized spacial score (nSPS) is 15.3. The number of halogens is 1. The largest absolute Gasteiger partial charge is 0.493 e. The molecule has 0 bridgehead atoms. The van der Waals surface area contributed by atoms with Gasteiger partial charge < -0.3 is 14.5 Å². The van der Waals surface area contributed by atoms with E-state index in [1.807, 2.05) is 6.92 Å². The van der Waals surface area contributed by atoms with E-state index in [1.165, 1.54) is 16.4 Å². The van der Waals surface area contributed by atoms with Gasteiger partial charge in [0, 0.05) is 17.6 Å². The van der Waals surface area contributed by atoms with Crippen LogP contribution in [0.2, 0.25) is 0 Å². The number of hydrogen-bond donors (Lipinski definition) is 1. The Morgan fingerprint density at radius 2 is 2.00 bits per heavy atom. The van der Waals surface area contributed by atoms with Crippen molar-refractivity contribution in [1.29, 1.82) is 0 Å². The minimum Gasteiger partial charge on any atom is -0.493 e. The summed E-state index contributed by atoms with van der Waals surface area (Å²) in [4.78, 5) is 20.2. The van der Waals surface area contributed by atoms with Crippen LogP contribution in [0.1, 0.15) is 13.3 Å². The first-order chi connectivity index (χ1) is 14.9. The second kappa shape index (κ2) is 9.07. The second-order valence-electron chi connectivity index (χ2n) is 7.07. The van der Waals surface area contributed by atoms with Crippen molar-refractivity contribution in [3.8, 4) is 17.1 Å². The number of ether oxygens (including phenoxy) is 2. The maximum absolute atomic E-state index is 13.2. The summed E-state index contributed by atoms with van der Waals surface area (Å²) >= 11 is 3.44. The zero-order valence-corrected chi connectivity index (χ0v) is 19.3. The molecule has 1 N–H and O–H groups in total. The maximum atomic E-state index is 13.2. The number of nitrogens with zero attached hydrogens (tertiary/aromatic N) is 2. The van der Waals surface area contributed by atoms with E-state index in [4.69, 9.17) is 9.47 Å². The molecule has 0 atom stereocenters. The highest BCUT2D eigenvalue weighted by atomic mass is 79.9. The van der Waals surface area contributed by atoms with Crippen LogP contribution in [0.25, 0.3) is 22.3 Å². The lowest BCUT2D eigenvalue weighted by Gasteiger charge is -2.26. The van der Waals surface area contributed by atoms with E-state index in [0.717, 1.165) is 6.42 Å². The minimum atomic E-state index is -3.72. The van der Waals surface area contributed by atoms with Crippen molar-refractivity contribution in [2.75, 3.05) is 32.9 Å². The number of aromatic amines is 1. The van der Waals surface area contributed by atoms with E-state index in [-0.39, 0.29) is 16.3 Å². The molecule has 0 unspecified atom stereocenters. The van der Waals surface area contributed by atoms with E-state index < -0.39 is 10.0 Å². The standard InChI is InChI=1S/C21H22BrN3O5S/c1-2-10-30-18-7-6-14(31(27,28)25-8-11-29-12-9-25)13-16(18)20-23-19-15(21(26)24-20)4-3-5-17(19)22/h3-7,13H,2,8-12H2,1H3,(H,23,24,26). The Hall–Kier alpha value is -2.27. The first kappa shape index (κ1) is 21.9. The molecular formula is C21H22BrN3O5S. The minimum absolute atomic E-state index is 0.114. The van der Waals surface area contributed by atoms with Crippen LogP contribution in [0.4, 0.5) is 0 Å². The Balaban J connectivity index is 1.87. The number of hydrogen-bond acceptors (Lipinski definition) is 6. The van der Waals surface area contributed by atoms with Gasteiger partial charge in [0.05, 0.1) is 41.2 Å². The van der Waals surface area contributed by atoms with E-state index in [0.29, 0.717) is 59.6 Å². The Bertz CT molecular complexity index is 1270. The molecule has 0 radical (unpaired) electrons. The van der Waals surface area contributed by atoms with Gasteiger partial charge in [0.2, 0.25) is 10.0 Å². The van der Waals surface area contributed by atoms with Crippen LogP contribution < -0.4 is 10.3 Å². The number of benzene rings is 2. The van der Waals surface area contributed by atoms with Crippen LogP contribution in [0.5, 0.6) is 5.75 Å². The molecule has 0 saturated carbocycles. The van der Waals surface area contributed by atoms with Crippen LogP contribution in [0.15, 0.2) is 50.6 Å². The maximum Gasteiger partial charge on any atom is 0.259 e. The van der Waals surface area contributed by atoms with Crippen LogP contribution in [0, 0.1) is 0 Å². The molecule has 0 aliphatic carbocycles. The molecule has 1 aliphatic heterocycles. The number of rotatable bonds is 6. The highest BCUT2D eigenvalue weighted by molar-refractivity contribution is 9.10. The number of sulfonamides is 1. The number of H-pyrrole nitrogens is 1.